The molecule has 0 aromatic carbocycles. The molecule has 13 heteroatoms. The molecule has 0 amide bonds. The first-order valence-corrected chi connectivity index (χ1v) is 12.0. The molecule has 202 valence electrons. The van der Waals surface area contributed by atoms with E-state index in [0.29, 0.717) is 30.0 Å². The third-order valence-electron chi connectivity index (χ3n) is 6.30. The second kappa shape index (κ2) is 10.1. The van der Waals surface area contributed by atoms with E-state index in [9.17, 15) is 18.7 Å². The van der Waals surface area contributed by atoms with E-state index in [1.807, 2.05) is 0 Å². The van der Waals surface area contributed by atoms with Gasteiger partial charge >= 0.3 is 0 Å². The average Bonchev–Trinajstić information content (AvgIpc) is 3.35. The molecule has 5 rings (SSSR count). The molecule has 1 unspecified atom stereocenters. The molecule has 5 heterocycles. The number of halogens is 4. The molecule has 9 nitrogen and oxygen atoms in total. The lowest BCUT2D eigenvalue weighted by molar-refractivity contribution is 0.0682. The van der Waals surface area contributed by atoms with E-state index >= 15 is 4.39 Å². The molecule has 2 aliphatic heterocycles. The first kappa shape index (κ1) is 23.7. The van der Waals surface area contributed by atoms with Gasteiger partial charge in [0.05, 0.1) is 39.6 Å². The maximum Gasteiger partial charge on any atom is 0.274 e. The SMILES string of the molecule is [2H]C([2H])(Oc1cc2n(c(=O)c1Cl)C1C(=CN[C@@H](n3ccc(C(C)(C)O)n3)[C@H]1F)CCOC2)c1ncc(F)cc1F. The number of fused-ring (bicyclic) bond motifs is 3. The lowest BCUT2D eigenvalue weighted by Gasteiger charge is -2.38. The van der Waals surface area contributed by atoms with Crippen molar-refractivity contribution >= 4 is 11.6 Å². The molecule has 0 aliphatic carbocycles. The molecule has 3 atom stereocenters. The van der Waals surface area contributed by atoms with E-state index in [-0.39, 0.29) is 18.9 Å². The van der Waals surface area contributed by atoms with Crippen molar-refractivity contribution in [3.05, 3.63) is 86.5 Å². The van der Waals surface area contributed by atoms with Crippen molar-refractivity contribution in [2.45, 2.75) is 57.4 Å². The second-order valence-corrected chi connectivity index (χ2v) is 9.82. The number of pyridine rings is 2. The van der Waals surface area contributed by atoms with Gasteiger partial charge in [-0.1, -0.05) is 11.6 Å². The van der Waals surface area contributed by atoms with E-state index in [0.717, 1.165) is 4.57 Å². The van der Waals surface area contributed by atoms with Gasteiger partial charge in [0.1, 0.15) is 34.4 Å². The quantitative estimate of drug-likeness (QED) is 0.497. The zero-order valence-corrected chi connectivity index (χ0v) is 21.0. The average molecular weight is 554 g/mol. The van der Waals surface area contributed by atoms with Gasteiger partial charge in [-0.3, -0.25) is 14.3 Å². The summed E-state index contributed by atoms with van der Waals surface area (Å²) in [5, 5.41) is 17.0. The normalized spacial score (nSPS) is 22.6. The third kappa shape index (κ3) is 4.91. The number of aliphatic hydroxyl groups is 1. The summed E-state index contributed by atoms with van der Waals surface area (Å²) in [4.78, 5) is 17.0. The zero-order valence-electron chi connectivity index (χ0n) is 22.3. The molecule has 0 bridgehead atoms. The predicted octanol–water partition coefficient (Wildman–Crippen LogP) is 3.66. The van der Waals surface area contributed by atoms with Crippen molar-refractivity contribution in [2.24, 2.45) is 0 Å². The van der Waals surface area contributed by atoms with Crippen LogP contribution in [0.1, 0.15) is 52.3 Å². The van der Waals surface area contributed by atoms with Crippen LogP contribution in [-0.4, -0.2) is 37.2 Å². The lowest BCUT2D eigenvalue weighted by Crippen LogP contribution is -2.46. The van der Waals surface area contributed by atoms with Gasteiger partial charge in [-0.2, -0.15) is 5.10 Å². The minimum absolute atomic E-state index is 0.129. The van der Waals surface area contributed by atoms with Crippen LogP contribution in [0.3, 0.4) is 0 Å². The summed E-state index contributed by atoms with van der Waals surface area (Å²) in [5.41, 5.74) is -2.03. The van der Waals surface area contributed by atoms with Crippen molar-refractivity contribution in [3.63, 3.8) is 0 Å². The highest BCUT2D eigenvalue weighted by atomic mass is 35.5. The zero-order chi connectivity index (χ0) is 29.0. The Morgan fingerprint density at radius 1 is 1.39 bits per heavy atom. The summed E-state index contributed by atoms with van der Waals surface area (Å²) in [6.45, 7) is 0.196. The summed E-state index contributed by atoms with van der Waals surface area (Å²) in [6, 6.07) is 2.09. The number of hydrogen-bond donors (Lipinski definition) is 2. The van der Waals surface area contributed by atoms with Gasteiger partial charge in [-0.05, 0) is 38.1 Å². The summed E-state index contributed by atoms with van der Waals surface area (Å²) >= 11 is 6.33. The van der Waals surface area contributed by atoms with E-state index in [4.69, 9.17) is 23.8 Å². The molecule has 0 saturated carbocycles. The Hall–Kier alpha value is -3.35. The van der Waals surface area contributed by atoms with Gasteiger partial charge in [0.2, 0.25) is 0 Å². The Kier molecular flexibility index (Phi) is 6.30. The van der Waals surface area contributed by atoms with Crippen molar-refractivity contribution in [2.75, 3.05) is 6.61 Å². The number of rotatable bonds is 5. The van der Waals surface area contributed by atoms with Gasteiger partial charge in [0, 0.05) is 18.3 Å². The van der Waals surface area contributed by atoms with Crippen LogP contribution in [0, 0.1) is 11.6 Å². The fraction of sp³-hybridized carbons (Fsp3) is 0.400. The van der Waals surface area contributed by atoms with E-state index in [2.05, 4.69) is 15.4 Å². The van der Waals surface area contributed by atoms with Gasteiger partial charge in [0.15, 0.2) is 18.2 Å². The molecule has 0 spiro atoms. The van der Waals surface area contributed by atoms with Crippen LogP contribution in [0.4, 0.5) is 13.2 Å². The number of hydrogen-bond acceptors (Lipinski definition) is 7. The summed E-state index contributed by atoms with van der Waals surface area (Å²) in [5.74, 6) is -2.76. The minimum Gasteiger partial charge on any atom is -0.485 e. The largest absolute Gasteiger partial charge is 0.485 e. The maximum absolute atomic E-state index is 16.3. The van der Waals surface area contributed by atoms with Crippen LogP contribution >= 0.6 is 11.6 Å². The van der Waals surface area contributed by atoms with Crippen molar-refractivity contribution in [1.82, 2.24) is 24.6 Å². The van der Waals surface area contributed by atoms with Crippen molar-refractivity contribution < 1.29 is 30.5 Å². The molecule has 3 aromatic heterocycles. The first-order chi connectivity index (χ1) is 18.8. The monoisotopic (exact) mass is 553 g/mol. The van der Waals surface area contributed by atoms with Gasteiger partial charge in [0.25, 0.3) is 5.56 Å². The second-order valence-electron chi connectivity index (χ2n) is 9.44. The van der Waals surface area contributed by atoms with Crippen LogP contribution in [0.25, 0.3) is 0 Å². The van der Waals surface area contributed by atoms with E-state index in [1.165, 1.54) is 16.9 Å². The Bertz CT molecular complexity index is 1540. The Labute approximate surface area is 223 Å². The fourth-order valence-electron chi connectivity index (χ4n) is 4.39. The highest BCUT2D eigenvalue weighted by Crippen LogP contribution is 2.38. The molecule has 0 fully saturated rings. The Morgan fingerprint density at radius 2 is 2.18 bits per heavy atom. The smallest absolute Gasteiger partial charge is 0.274 e. The van der Waals surface area contributed by atoms with Crippen LogP contribution < -0.4 is 15.6 Å². The molecular formula is C25H25ClF3N5O4. The number of aromatic nitrogens is 4. The minimum atomic E-state index is -2.94. The van der Waals surface area contributed by atoms with E-state index < -0.39 is 64.2 Å². The standard InChI is InChI=1S/C25H25ClF3N5O4/c1-25(2,36)19-3-5-33(32-19)23-21(29)22-13(9-31-23)4-6-37-11-15-8-18(20(26)24(35)34(15)22)38-12-17-16(28)7-14(27)10-30-17/h3,5,7-10,21-23,31,36H,4,6,11-12H2,1-2H3/t21-,22?,23-/m0/s1/i12D2. The molecular weight excluding hydrogens is 527 g/mol. The molecule has 0 radical (unpaired) electrons. The van der Waals surface area contributed by atoms with Crippen molar-refractivity contribution in [3.8, 4) is 5.75 Å². The van der Waals surface area contributed by atoms with Crippen LogP contribution in [-0.2, 0) is 23.5 Å². The maximum atomic E-state index is 16.3. The highest BCUT2D eigenvalue weighted by molar-refractivity contribution is 6.31. The predicted molar refractivity (Wildman–Crippen MR) is 130 cm³/mol. The first-order valence-electron chi connectivity index (χ1n) is 12.7. The van der Waals surface area contributed by atoms with Crippen LogP contribution in [0.2, 0.25) is 5.02 Å². The van der Waals surface area contributed by atoms with Gasteiger partial charge in [-0.15, -0.1) is 0 Å². The highest BCUT2D eigenvalue weighted by Gasteiger charge is 2.41. The molecule has 2 N–H and O–H groups in total. The lowest BCUT2D eigenvalue weighted by atomic mass is 9.94. The number of alkyl halides is 1. The number of nitrogens with zero attached hydrogens (tertiary/aromatic N) is 4. The summed E-state index contributed by atoms with van der Waals surface area (Å²) in [6.07, 6.45) is 1.25. The third-order valence-corrected chi connectivity index (χ3v) is 6.65. The number of ether oxygens (including phenoxy) is 2. The molecule has 0 saturated heterocycles. The molecule has 3 aromatic rings. The molecule has 38 heavy (non-hydrogen) atoms. The topological polar surface area (TPSA) is 103 Å². The number of nitrogens with one attached hydrogen (secondary N) is 1. The summed E-state index contributed by atoms with van der Waals surface area (Å²) < 4.78 is 73.6. The summed E-state index contributed by atoms with van der Waals surface area (Å²) in [7, 11) is 0. The van der Waals surface area contributed by atoms with Gasteiger partial charge in [-0.25, -0.2) is 17.9 Å². The van der Waals surface area contributed by atoms with E-state index in [1.54, 1.807) is 26.1 Å². The van der Waals surface area contributed by atoms with Crippen molar-refractivity contribution in [1.29, 1.82) is 0 Å². The molecule has 2 aliphatic rings. The fourth-order valence-corrected chi connectivity index (χ4v) is 4.58. The van der Waals surface area contributed by atoms with Crippen LogP contribution in [0.5, 0.6) is 5.75 Å². The Morgan fingerprint density at radius 3 is 2.89 bits per heavy atom. The van der Waals surface area contributed by atoms with Crippen LogP contribution in [0.15, 0.2) is 47.2 Å². The Balaban J connectivity index is 1.55. The van der Waals surface area contributed by atoms with Gasteiger partial charge < -0.3 is 19.9 Å².